The lowest BCUT2D eigenvalue weighted by Gasteiger charge is -2.14. The summed E-state index contributed by atoms with van der Waals surface area (Å²) in [7, 11) is 1.81. The molecule has 1 aromatic carbocycles. The Morgan fingerprint density at radius 3 is 2.48 bits per heavy atom. The number of alkyl halides is 3. The van der Waals surface area contributed by atoms with E-state index >= 15 is 0 Å². The van der Waals surface area contributed by atoms with Gasteiger partial charge in [-0.05, 0) is 31.5 Å². The van der Waals surface area contributed by atoms with Gasteiger partial charge in [-0.25, -0.2) is 9.38 Å². The van der Waals surface area contributed by atoms with Crippen molar-refractivity contribution in [2.75, 3.05) is 6.54 Å². The highest BCUT2D eigenvalue weighted by atomic mass is 127. The Morgan fingerprint density at radius 2 is 1.93 bits per heavy atom. The fourth-order valence-electron chi connectivity index (χ4n) is 2.22. The summed E-state index contributed by atoms with van der Waals surface area (Å²) < 4.78 is 54.1. The number of nitrogens with one attached hydrogen (secondary N) is 2. The molecule has 0 fully saturated rings. The fourth-order valence-corrected chi connectivity index (χ4v) is 2.22. The molecule has 0 aliphatic carbocycles. The highest BCUT2D eigenvalue weighted by Gasteiger charge is 2.33. The van der Waals surface area contributed by atoms with E-state index in [0.29, 0.717) is 30.9 Å². The van der Waals surface area contributed by atoms with Crippen LogP contribution < -0.4 is 10.6 Å². The van der Waals surface area contributed by atoms with E-state index in [1.807, 2.05) is 20.9 Å². The molecule has 0 unspecified atom stereocenters. The summed E-state index contributed by atoms with van der Waals surface area (Å²) >= 11 is 0. The SMILES string of the molecule is CCNC(=NCc1ccc(F)cc1C(F)(F)F)NCc1nnc(C)n1C.I. The van der Waals surface area contributed by atoms with Gasteiger partial charge in [-0.3, -0.25) is 0 Å². The fraction of sp³-hybridized carbons (Fsp3) is 0.438. The number of benzene rings is 1. The number of hydrogen-bond donors (Lipinski definition) is 2. The van der Waals surface area contributed by atoms with Crippen LogP contribution in [-0.4, -0.2) is 27.3 Å². The molecule has 27 heavy (non-hydrogen) atoms. The largest absolute Gasteiger partial charge is 0.416 e. The molecule has 2 rings (SSSR count). The van der Waals surface area contributed by atoms with Gasteiger partial charge in [-0.2, -0.15) is 13.2 Å². The smallest absolute Gasteiger partial charge is 0.357 e. The molecule has 0 amide bonds. The topological polar surface area (TPSA) is 67.1 Å². The summed E-state index contributed by atoms with van der Waals surface area (Å²) in [5.41, 5.74) is -1.13. The number of guanidine groups is 1. The normalized spacial score (nSPS) is 11.9. The van der Waals surface area contributed by atoms with Crippen molar-refractivity contribution < 1.29 is 17.6 Å². The first-order valence-electron chi connectivity index (χ1n) is 7.95. The highest BCUT2D eigenvalue weighted by molar-refractivity contribution is 14.0. The van der Waals surface area contributed by atoms with Crippen LogP contribution in [0.25, 0.3) is 0 Å². The second-order valence-electron chi connectivity index (χ2n) is 5.57. The molecular formula is C16H21F4IN6. The summed E-state index contributed by atoms with van der Waals surface area (Å²) in [5, 5.41) is 13.9. The van der Waals surface area contributed by atoms with Crippen molar-refractivity contribution in [1.29, 1.82) is 0 Å². The quantitative estimate of drug-likeness (QED) is 0.287. The monoisotopic (exact) mass is 500 g/mol. The van der Waals surface area contributed by atoms with Crippen molar-refractivity contribution in [3.05, 3.63) is 46.8 Å². The van der Waals surface area contributed by atoms with E-state index in [4.69, 9.17) is 0 Å². The van der Waals surface area contributed by atoms with Crippen LogP contribution in [0.4, 0.5) is 17.6 Å². The molecule has 1 heterocycles. The molecule has 0 saturated carbocycles. The van der Waals surface area contributed by atoms with Crippen molar-refractivity contribution in [3.63, 3.8) is 0 Å². The molecule has 0 bridgehead atoms. The minimum Gasteiger partial charge on any atom is -0.357 e. The molecule has 1 aromatic heterocycles. The molecule has 0 aliphatic heterocycles. The second-order valence-corrected chi connectivity index (χ2v) is 5.57. The van der Waals surface area contributed by atoms with Gasteiger partial charge in [-0.15, -0.1) is 34.2 Å². The average molecular weight is 500 g/mol. The van der Waals surface area contributed by atoms with Gasteiger partial charge in [-0.1, -0.05) is 6.07 Å². The zero-order valence-electron chi connectivity index (χ0n) is 15.1. The van der Waals surface area contributed by atoms with Crippen molar-refractivity contribution in [2.45, 2.75) is 33.1 Å². The Kier molecular flexibility index (Phi) is 8.44. The maximum Gasteiger partial charge on any atom is 0.416 e. The van der Waals surface area contributed by atoms with Gasteiger partial charge < -0.3 is 15.2 Å². The molecule has 0 spiro atoms. The van der Waals surface area contributed by atoms with Gasteiger partial charge in [0, 0.05) is 13.6 Å². The van der Waals surface area contributed by atoms with Gasteiger partial charge in [0.25, 0.3) is 0 Å². The van der Waals surface area contributed by atoms with Crippen LogP contribution in [0.3, 0.4) is 0 Å². The summed E-state index contributed by atoms with van der Waals surface area (Å²) in [6.45, 7) is 4.23. The van der Waals surface area contributed by atoms with Gasteiger partial charge in [0.2, 0.25) is 0 Å². The Bertz CT molecular complexity index is 788. The van der Waals surface area contributed by atoms with Crippen LogP contribution in [0, 0.1) is 12.7 Å². The van der Waals surface area contributed by atoms with Crippen LogP contribution in [0.5, 0.6) is 0 Å². The van der Waals surface area contributed by atoms with E-state index in [-0.39, 0.29) is 36.1 Å². The third kappa shape index (κ3) is 6.33. The minimum atomic E-state index is -4.64. The molecule has 0 aliphatic rings. The lowest BCUT2D eigenvalue weighted by Crippen LogP contribution is -2.37. The maximum atomic E-state index is 13.2. The summed E-state index contributed by atoms with van der Waals surface area (Å²) in [6, 6.07) is 2.56. The number of nitrogens with zero attached hydrogens (tertiary/aromatic N) is 4. The Morgan fingerprint density at radius 1 is 1.22 bits per heavy atom. The van der Waals surface area contributed by atoms with Crippen molar-refractivity contribution in [2.24, 2.45) is 12.0 Å². The first kappa shape index (κ1) is 23.1. The van der Waals surface area contributed by atoms with Crippen LogP contribution in [0.1, 0.15) is 29.7 Å². The first-order valence-corrected chi connectivity index (χ1v) is 7.95. The number of rotatable bonds is 5. The van der Waals surface area contributed by atoms with E-state index in [1.54, 1.807) is 4.57 Å². The molecule has 2 N–H and O–H groups in total. The van der Waals surface area contributed by atoms with E-state index < -0.39 is 17.6 Å². The van der Waals surface area contributed by atoms with Gasteiger partial charge >= 0.3 is 6.18 Å². The van der Waals surface area contributed by atoms with Gasteiger partial charge in [0.1, 0.15) is 11.6 Å². The Hall–Kier alpha value is -1.92. The minimum absolute atomic E-state index is 0. The third-order valence-corrected chi connectivity index (χ3v) is 3.73. The van der Waals surface area contributed by atoms with E-state index in [1.165, 1.54) is 0 Å². The number of aryl methyl sites for hydroxylation is 1. The van der Waals surface area contributed by atoms with Crippen molar-refractivity contribution in [3.8, 4) is 0 Å². The summed E-state index contributed by atoms with van der Waals surface area (Å²) in [5.74, 6) is 0.786. The zero-order chi connectivity index (χ0) is 19.3. The van der Waals surface area contributed by atoms with E-state index in [2.05, 4.69) is 25.8 Å². The predicted octanol–water partition coefficient (Wildman–Crippen LogP) is 3.15. The molecule has 0 saturated heterocycles. The summed E-state index contributed by atoms with van der Waals surface area (Å²) in [4.78, 5) is 4.15. The van der Waals surface area contributed by atoms with Crippen molar-refractivity contribution >= 4 is 29.9 Å². The number of hydrogen-bond acceptors (Lipinski definition) is 3. The van der Waals surface area contributed by atoms with Crippen LogP contribution in [-0.2, 0) is 26.3 Å². The Balaban J connectivity index is 0.00000364. The lowest BCUT2D eigenvalue weighted by atomic mass is 10.1. The molecule has 0 radical (unpaired) electrons. The predicted molar refractivity (Wildman–Crippen MR) is 104 cm³/mol. The standard InChI is InChI=1S/C16H20F4N6.HI/c1-4-21-15(23-9-14-25-24-10(2)26(14)3)22-8-11-5-6-12(17)7-13(11)16(18,19)20;/h5-7H,4,8-9H2,1-3H3,(H2,21,22,23);1H. The maximum absolute atomic E-state index is 13.2. The third-order valence-electron chi connectivity index (χ3n) is 3.73. The molecule has 11 heteroatoms. The van der Waals surface area contributed by atoms with E-state index in [9.17, 15) is 17.6 Å². The van der Waals surface area contributed by atoms with Crippen LogP contribution >= 0.6 is 24.0 Å². The van der Waals surface area contributed by atoms with Crippen molar-refractivity contribution in [1.82, 2.24) is 25.4 Å². The van der Waals surface area contributed by atoms with Gasteiger partial charge in [0.05, 0.1) is 18.7 Å². The number of halogens is 5. The van der Waals surface area contributed by atoms with E-state index in [0.717, 1.165) is 18.0 Å². The first-order chi connectivity index (χ1) is 12.2. The Labute approximate surface area is 171 Å². The van der Waals surface area contributed by atoms with Crippen LogP contribution in [0.15, 0.2) is 23.2 Å². The number of aliphatic imine (C=N–C) groups is 1. The van der Waals surface area contributed by atoms with Gasteiger partial charge in [0.15, 0.2) is 11.8 Å². The molecule has 6 nitrogen and oxygen atoms in total. The lowest BCUT2D eigenvalue weighted by molar-refractivity contribution is -0.138. The summed E-state index contributed by atoms with van der Waals surface area (Å²) in [6.07, 6.45) is -4.64. The molecule has 2 aromatic rings. The van der Waals surface area contributed by atoms with Crippen LogP contribution in [0.2, 0.25) is 0 Å². The zero-order valence-corrected chi connectivity index (χ0v) is 17.4. The number of aromatic nitrogens is 3. The molecule has 150 valence electrons. The molecule has 0 atom stereocenters. The second kappa shape index (κ2) is 9.85. The average Bonchev–Trinajstić information content (AvgIpc) is 2.89. The highest BCUT2D eigenvalue weighted by Crippen LogP contribution is 2.32. The molecular weight excluding hydrogens is 479 g/mol.